The maximum absolute atomic E-state index is 5.89. The van der Waals surface area contributed by atoms with E-state index in [0.29, 0.717) is 31.4 Å². The normalized spacial score (nSPS) is 25.2. The van der Waals surface area contributed by atoms with Crippen molar-refractivity contribution in [1.82, 2.24) is 10.6 Å². The quantitative estimate of drug-likeness (QED) is 0.306. The molecular formula is C18H28IN3O2. The number of nitrogens with zero attached hydrogens (tertiary/aromatic N) is 1. The van der Waals surface area contributed by atoms with Gasteiger partial charge >= 0.3 is 0 Å². The Morgan fingerprint density at radius 2 is 2.17 bits per heavy atom. The Hall–Kier alpha value is -1.02. The first-order valence-corrected chi connectivity index (χ1v) is 8.65. The van der Waals surface area contributed by atoms with Gasteiger partial charge in [-0.2, -0.15) is 0 Å². The molecule has 5 nitrogen and oxygen atoms in total. The molecule has 0 amide bonds. The van der Waals surface area contributed by atoms with Gasteiger partial charge in [-0.05, 0) is 44.7 Å². The van der Waals surface area contributed by atoms with Gasteiger partial charge < -0.3 is 20.1 Å². The summed E-state index contributed by atoms with van der Waals surface area (Å²) < 4.78 is 11.7. The fourth-order valence-corrected chi connectivity index (χ4v) is 3.32. The number of para-hydroxylation sites is 1. The van der Waals surface area contributed by atoms with Gasteiger partial charge in [0.15, 0.2) is 5.96 Å². The molecule has 2 bridgehead atoms. The van der Waals surface area contributed by atoms with E-state index in [4.69, 9.17) is 9.47 Å². The summed E-state index contributed by atoms with van der Waals surface area (Å²) in [6, 6.07) is 8.45. The number of hydrogen-bond donors (Lipinski definition) is 2. The predicted molar refractivity (Wildman–Crippen MR) is 108 cm³/mol. The summed E-state index contributed by atoms with van der Waals surface area (Å²) in [5.74, 6) is 1.80. The van der Waals surface area contributed by atoms with Gasteiger partial charge in [0.1, 0.15) is 12.4 Å². The van der Waals surface area contributed by atoms with Gasteiger partial charge in [-0.1, -0.05) is 18.2 Å². The van der Waals surface area contributed by atoms with Crippen LogP contribution in [0, 0.1) is 6.92 Å². The highest BCUT2D eigenvalue weighted by Gasteiger charge is 2.41. The molecule has 134 valence electrons. The van der Waals surface area contributed by atoms with E-state index in [-0.39, 0.29) is 24.0 Å². The average molecular weight is 445 g/mol. The fourth-order valence-electron chi connectivity index (χ4n) is 3.32. The van der Waals surface area contributed by atoms with Gasteiger partial charge in [0, 0.05) is 6.54 Å². The van der Waals surface area contributed by atoms with Crippen molar-refractivity contribution in [3.63, 3.8) is 0 Å². The predicted octanol–water partition coefficient (Wildman–Crippen LogP) is 2.87. The number of rotatable bonds is 6. The molecule has 3 rings (SSSR count). The molecule has 2 aliphatic heterocycles. The minimum atomic E-state index is 0. The Kier molecular flexibility index (Phi) is 7.61. The summed E-state index contributed by atoms with van der Waals surface area (Å²) >= 11 is 0. The monoisotopic (exact) mass is 445 g/mol. The third kappa shape index (κ3) is 4.99. The van der Waals surface area contributed by atoms with E-state index < -0.39 is 0 Å². The van der Waals surface area contributed by atoms with Gasteiger partial charge in [-0.15, -0.1) is 24.0 Å². The molecule has 24 heavy (non-hydrogen) atoms. The molecule has 2 aliphatic rings. The molecule has 2 N–H and O–H groups in total. The second kappa shape index (κ2) is 9.46. The highest BCUT2D eigenvalue weighted by Crippen LogP contribution is 2.34. The average Bonchev–Trinajstić information content (AvgIpc) is 3.16. The van der Waals surface area contributed by atoms with Gasteiger partial charge in [0.25, 0.3) is 0 Å². The van der Waals surface area contributed by atoms with Crippen LogP contribution in [-0.4, -0.2) is 43.9 Å². The molecule has 0 aromatic heterocycles. The molecular weight excluding hydrogens is 417 g/mol. The minimum absolute atomic E-state index is 0. The molecule has 6 heteroatoms. The maximum atomic E-state index is 5.89. The second-order valence-electron chi connectivity index (χ2n) is 6.24. The molecule has 0 spiro atoms. The third-order valence-electron chi connectivity index (χ3n) is 4.48. The number of aliphatic imine (C=N–C) groups is 1. The van der Waals surface area contributed by atoms with Crippen molar-refractivity contribution in [1.29, 1.82) is 0 Å². The SMILES string of the molecule is CCNC(=NCCOc1ccccc1C)NC1CC2CCC1O2.I. The van der Waals surface area contributed by atoms with Crippen molar-refractivity contribution < 1.29 is 9.47 Å². The number of aryl methyl sites for hydroxylation is 1. The van der Waals surface area contributed by atoms with Crippen LogP contribution >= 0.6 is 24.0 Å². The van der Waals surface area contributed by atoms with E-state index >= 15 is 0 Å². The molecule has 0 aliphatic carbocycles. The second-order valence-corrected chi connectivity index (χ2v) is 6.24. The van der Waals surface area contributed by atoms with Crippen LogP contribution in [0.15, 0.2) is 29.3 Å². The first kappa shape index (κ1) is 19.3. The zero-order chi connectivity index (χ0) is 16.1. The Morgan fingerprint density at radius 1 is 1.33 bits per heavy atom. The lowest BCUT2D eigenvalue weighted by Gasteiger charge is -2.22. The van der Waals surface area contributed by atoms with Gasteiger partial charge in [0.2, 0.25) is 0 Å². The van der Waals surface area contributed by atoms with E-state index in [1.165, 1.54) is 6.42 Å². The van der Waals surface area contributed by atoms with Crippen molar-refractivity contribution in [3.05, 3.63) is 29.8 Å². The molecule has 1 aromatic carbocycles. The van der Waals surface area contributed by atoms with E-state index in [0.717, 1.165) is 36.7 Å². The molecule has 0 radical (unpaired) electrons. The Labute approximate surface area is 161 Å². The zero-order valence-electron chi connectivity index (χ0n) is 14.5. The zero-order valence-corrected chi connectivity index (χ0v) is 16.8. The van der Waals surface area contributed by atoms with Gasteiger partial charge in [-0.3, -0.25) is 0 Å². The van der Waals surface area contributed by atoms with Crippen LogP contribution in [0.25, 0.3) is 0 Å². The number of ether oxygens (including phenoxy) is 2. The van der Waals surface area contributed by atoms with Crippen molar-refractivity contribution >= 4 is 29.9 Å². The third-order valence-corrected chi connectivity index (χ3v) is 4.48. The Morgan fingerprint density at radius 3 is 2.83 bits per heavy atom. The number of fused-ring (bicyclic) bond motifs is 2. The first-order chi connectivity index (χ1) is 11.3. The first-order valence-electron chi connectivity index (χ1n) is 8.65. The summed E-state index contributed by atoms with van der Waals surface area (Å²) in [6.45, 7) is 6.20. The largest absolute Gasteiger partial charge is 0.491 e. The lowest BCUT2D eigenvalue weighted by Crippen LogP contribution is -2.47. The van der Waals surface area contributed by atoms with E-state index in [2.05, 4.69) is 35.5 Å². The summed E-state index contributed by atoms with van der Waals surface area (Å²) in [4.78, 5) is 4.62. The van der Waals surface area contributed by atoms with Gasteiger partial charge in [-0.25, -0.2) is 4.99 Å². The van der Waals surface area contributed by atoms with Crippen LogP contribution in [0.3, 0.4) is 0 Å². The van der Waals surface area contributed by atoms with Crippen molar-refractivity contribution in [3.8, 4) is 5.75 Å². The van der Waals surface area contributed by atoms with Crippen molar-refractivity contribution in [2.75, 3.05) is 19.7 Å². The number of benzene rings is 1. The minimum Gasteiger partial charge on any atom is -0.491 e. The maximum Gasteiger partial charge on any atom is 0.191 e. The molecule has 0 saturated carbocycles. The van der Waals surface area contributed by atoms with Crippen LogP contribution in [0.1, 0.15) is 31.7 Å². The van der Waals surface area contributed by atoms with Crippen molar-refractivity contribution in [2.45, 2.75) is 51.4 Å². The van der Waals surface area contributed by atoms with Crippen LogP contribution in [0.4, 0.5) is 0 Å². The van der Waals surface area contributed by atoms with Crippen LogP contribution in [0.2, 0.25) is 0 Å². The number of nitrogens with one attached hydrogen (secondary N) is 2. The van der Waals surface area contributed by atoms with E-state index in [1.54, 1.807) is 0 Å². The molecule has 3 atom stereocenters. The number of halogens is 1. The summed E-state index contributed by atoms with van der Waals surface area (Å²) in [7, 11) is 0. The lowest BCUT2D eigenvalue weighted by molar-refractivity contribution is 0.0992. The highest BCUT2D eigenvalue weighted by molar-refractivity contribution is 14.0. The molecule has 1 aromatic rings. The molecule has 2 fully saturated rings. The molecule has 3 unspecified atom stereocenters. The van der Waals surface area contributed by atoms with Crippen LogP contribution < -0.4 is 15.4 Å². The standard InChI is InChI=1S/C18H27N3O2.HI/c1-3-19-18(21-15-12-14-8-9-17(15)23-14)20-10-11-22-16-7-5-4-6-13(16)2;/h4-7,14-15,17H,3,8-12H2,1-2H3,(H2,19,20,21);1H. The summed E-state index contributed by atoms with van der Waals surface area (Å²) in [5, 5.41) is 6.82. The summed E-state index contributed by atoms with van der Waals surface area (Å²) in [5.41, 5.74) is 1.15. The van der Waals surface area contributed by atoms with Crippen LogP contribution in [-0.2, 0) is 4.74 Å². The Balaban J connectivity index is 0.00000208. The van der Waals surface area contributed by atoms with Crippen LogP contribution in [0.5, 0.6) is 5.75 Å². The number of guanidine groups is 1. The lowest BCUT2D eigenvalue weighted by atomic mass is 9.96. The smallest absolute Gasteiger partial charge is 0.191 e. The molecule has 2 saturated heterocycles. The van der Waals surface area contributed by atoms with E-state index in [9.17, 15) is 0 Å². The summed E-state index contributed by atoms with van der Waals surface area (Å²) in [6.07, 6.45) is 4.27. The highest BCUT2D eigenvalue weighted by atomic mass is 127. The Bertz CT molecular complexity index is 553. The topological polar surface area (TPSA) is 54.9 Å². The van der Waals surface area contributed by atoms with Crippen molar-refractivity contribution in [2.24, 2.45) is 4.99 Å². The van der Waals surface area contributed by atoms with E-state index in [1.807, 2.05) is 18.2 Å². The van der Waals surface area contributed by atoms with Gasteiger partial charge in [0.05, 0.1) is 24.8 Å². The number of hydrogen-bond acceptors (Lipinski definition) is 3. The fraction of sp³-hybridized carbons (Fsp3) is 0.611. The molecule has 2 heterocycles.